The largest absolute Gasteiger partial charge is 0.352 e. The number of hydrogen-bond acceptors (Lipinski definition) is 4. The van der Waals surface area contributed by atoms with Gasteiger partial charge in [0.25, 0.3) is 0 Å². The second-order valence-electron chi connectivity index (χ2n) is 5.51. The van der Waals surface area contributed by atoms with Crippen LogP contribution in [-0.4, -0.2) is 42.6 Å². The zero-order chi connectivity index (χ0) is 13.8. The van der Waals surface area contributed by atoms with E-state index < -0.39 is 0 Å². The molecule has 1 aliphatic heterocycles. The van der Waals surface area contributed by atoms with Crippen LogP contribution in [0.15, 0.2) is 12.3 Å². The molecule has 19 heavy (non-hydrogen) atoms. The first-order valence-electron chi connectivity index (χ1n) is 7.27. The standard InChI is InChI=1S/C15H26N4/c1-4-13-11-18(3)8-5-9-19(13)15-14(10-16)12(2)6-7-17-15/h6-7,13H,4-5,8-11,16H2,1-3H3. The van der Waals surface area contributed by atoms with Gasteiger partial charge in [-0.2, -0.15) is 0 Å². The van der Waals surface area contributed by atoms with Gasteiger partial charge in [0.1, 0.15) is 5.82 Å². The summed E-state index contributed by atoms with van der Waals surface area (Å²) in [6.07, 6.45) is 4.24. The summed E-state index contributed by atoms with van der Waals surface area (Å²) >= 11 is 0. The van der Waals surface area contributed by atoms with E-state index in [2.05, 4.69) is 41.7 Å². The average Bonchev–Trinajstić information content (AvgIpc) is 2.59. The number of likely N-dealkylation sites (N-methyl/N-ethyl adjacent to an activating group) is 1. The predicted molar refractivity (Wildman–Crippen MR) is 80.4 cm³/mol. The third kappa shape index (κ3) is 3.07. The van der Waals surface area contributed by atoms with Crippen LogP contribution in [0.3, 0.4) is 0 Å². The fraction of sp³-hybridized carbons (Fsp3) is 0.667. The highest BCUT2D eigenvalue weighted by Gasteiger charge is 2.25. The van der Waals surface area contributed by atoms with Crippen molar-refractivity contribution in [3.8, 4) is 0 Å². The van der Waals surface area contributed by atoms with Crippen LogP contribution in [0.4, 0.5) is 5.82 Å². The van der Waals surface area contributed by atoms with Gasteiger partial charge in [-0.05, 0) is 45.0 Å². The molecule has 0 aliphatic carbocycles. The van der Waals surface area contributed by atoms with E-state index in [0.29, 0.717) is 12.6 Å². The molecule has 1 aromatic heterocycles. The molecule has 4 nitrogen and oxygen atoms in total. The lowest BCUT2D eigenvalue weighted by atomic mass is 10.1. The SMILES string of the molecule is CCC1CN(C)CCCN1c1nccc(C)c1CN. The topological polar surface area (TPSA) is 45.4 Å². The minimum atomic E-state index is 0.534. The Morgan fingerprint density at radius 1 is 1.42 bits per heavy atom. The number of anilines is 1. The molecule has 0 amide bonds. The highest BCUT2D eigenvalue weighted by atomic mass is 15.3. The van der Waals surface area contributed by atoms with Crippen LogP contribution in [0, 0.1) is 6.92 Å². The second kappa shape index (κ2) is 6.35. The molecule has 2 heterocycles. The molecule has 0 radical (unpaired) electrons. The van der Waals surface area contributed by atoms with Crippen molar-refractivity contribution in [2.24, 2.45) is 5.73 Å². The minimum absolute atomic E-state index is 0.534. The molecular weight excluding hydrogens is 236 g/mol. The van der Waals surface area contributed by atoms with Crippen LogP contribution >= 0.6 is 0 Å². The van der Waals surface area contributed by atoms with E-state index in [1.165, 1.54) is 17.5 Å². The Kier molecular flexibility index (Phi) is 4.77. The van der Waals surface area contributed by atoms with Crippen molar-refractivity contribution in [3.05, 3.63) is 23.4 Å². The molecular formula is C15H26N4. The van der Waals surface area contributed by atoms with Gasteiger partial charge in [0, 0.05) is 37.4 Å². The maximum absolute atomic E-state index is 5.93. The summed E-state index contributed by atoms with van der Waals surface area (Å²) in [6, 6.07) is 2.59. The number of aryl methyl sites for hydroxylation is 1. The molecule has 0 aromatic carbocycles. The molecule has 0 bridgehead atoms. The first-order valence-corrected chi connectivity index (χ1v) is 7.27. The molecule has 1 atom stereocenters. The van der Waals surface area contributed by atoms with Crippen molar-refractivity contribution >= 4 is 5.82 Å². The third-order valence-electron chi connectivity index (χ3n) is 4.12. The molecule has 1 fully saturated rings. The van der Waals surface area contributed by atoms with Crippen molar-refractivity contribution in [1.82, 2.24) is 9.88 Å². The van der Waals surface area contributed by atoms with Gasteiger partial charge in [-0.25, -0.2) is 4.98 Å². The zero-order valence-electron chi connectivity index (χ0n) is 12.4. The molecule has 4 heteroatoms. The molecule has 1 saturated heterocycles. The van der Waals surface area contributed by atoms with Crippen LogP contribution in [0.25, 0.3) is 0 Å². The van der Waals surface area contributed by atoms with E-state index in [4.69, 9.17) is 5.73 Å². The van der Waals surface area contributed by atoms with Gasteiger partial charge in [-0.3, -0.25) is 0 Å². The number of rotatable bonds is 3. The lowest BCUT2D eigenvalue weighted by Gasteiger charge is -2.33. The van der Waals surface area contributed by atoms with Gasteiger partial charge in [-0.1, -0.05) is 6.92 Å². The first kappa shape index (κ1) is 14.3. The van der Waals surface area contributed by atoms with Gasteiger partial charge in [-0.15, -0.1) is 0 Å². The summed E-state index contributed by atoms with van der Waals surface area (Å²) < 4.78 is 0. The number of nitrogens with zero attached hydrogens (tertiary/aromatic N) is 3. The lowest BCUT2D eigenvalue weighted by molar-refractivity contribution is 0.327. The van der Waals surface area contributed by atoms with E-state index in [1.807, 2.05) is 6.20 Å². The van der Waals surface area contributed by atoms with Crippen molar-refractivity contribution in [3.63, 3.8) is 0 Å². The molecule has 1 unspecified atom stereocenters. The maximum Gasteiger partial charge on any atom is 0.133 e. The number of nitrogens with two attached hydrogens (primary N) is 1. The molecule has 0 spiro atoms. The Hall–Kier alpha value is -1.13. The highest BCUT2D eigenvalue weighted by Crippen LogP contribution is 2.25. The van der Waals surface area contributed by atoms with Crippen molar-refractivity contribution in [2.45, 2.75) is 39.3 Å². The quantitative estimate of drug-likeness (QED) is 0.902. The van der Waals surface area contributed by atoms with E-state index in [0.717, 1.165) is 31.9 Å². The van der Waals surface area contributed by atoms with Gasteiger partial charge in [0.05, 0.1) is 0 Å². The van der Waals surface area contributed by atoms with Crippen molar-refractivity contribution in [2.75, 3.05) is 31.6 Å². The van der Waals surface area contributed by atoms with Crippen LogP contribution in [0.1, 0.15) is 30.9 Å². The summed E-state index contributed by atoms with van der Waals surface area (Å²) in [5.74, 6) is 1.10. The molecule has 0 saturated carbocycles. The van der Waals surface area contributed by atoms with Gasteiger partial charge in [0.15, 0.2) is 0 Å². The van der Waals surface area contributed by atoms with Crippen LogP contribution in [0.5, 0.6) is 0 Å². The fourth-order valence-corrected chi connectivity index (χ4v) is 2.95. The van der Waals surface area contributed by atoms with Crippen LogP contribution < -0.4 is 10.6 Å². The van der Waals surface area contributed by atoms with Crippen molar-refractivity contribution in [1.29, 1.82) is 0 Å². The summed E-state index contributed by atoms with van der Waals surface area (Å²) in [7, 11) is 2.21. The molecule has 2 N–H and O–H groups in total. The third-order valence-corrected chi connectivity index (χ3v) is 4.12. The number of hydrogen-bond donors (Lipinski definition) is 1. The summed E-state index contributed by atoms with van der Waals surface area (Å²) in [5.41, 5.74) is 8.38. The molecule has 1 aliphatic rings. The van der Waals surface area contributed by atoms with E-state index in [-0.39, 0.29) is 0 Å². The van der Waals surface area contributed by atoms with Crippen LogP contribution in [0.2, 0.25) is 0 Å². The van der Waals surface area contributed by atoms with Crippen molar-refractivity contribution < 1.29 is 0 Å². The van der Waals surface area contributed by atoms with E-state index in [1.54, 1.807) is 0 Å². The summed E-state index contributed by atoms with van der Waals surface area (Å²) in [6.45, 7) is 8.30. The minimum Gasteiger partial charge on any atom is -0.352 e. The highest BCUT2D eigenvalue weighted by molar-refractivity contribution is 5.51. The van der Waals surface area contributed by atoms with Gasteiger partial charge in [0.2, 0.25) is 0 Å². The molecule has 2 rings (SSSR count). The average molecular weight is 262 g/mol. The summed E-state index contributed by atoms with van der Waals surface area (Å²) in [4.78, 5) is 9.52. The molecule has 1 aromatic rings. The first-order chi connectivity index (χ1) is 9.17. The van der Waals surface area contributed by atoms with Crippen LogP contribution in [-0.2, 0) is 6.54 Å². The van der Waals surface area contributed by atoms with E-state index >= 15 is 0 Å². The maximum atomic E-state index is 5.93. The number of aromatic nitrogens is 1. The zero-order valence-corrected chi connectivity index (χ0v) is 12.4. The lowest BCUT2D eigenvalue weighted by Crippen LogP contribution is -2.41. The van der Waals surface area contributed by atoms with Gasteiger partial charge >= 0.3 is 0 Å². The number of pyridine rings is 1. The monoisotopic (exact) mass is 262 g/mol. The second-order valence-corrected chi connectivity index (χ2v) is 5.51. The normalized spacial score (nSPS) is 21.5. The fourth-order valence-electron chi connectivity index (χ4n) is 2.95. The molecule has 106 valence electrons. The summed E-state index contributed by atoms with van der Waals surface area (Å²) in [5, 5.41) is 0. The van der Waals surface area contributed by atoms with Gasteiger partial charge < -0.3 is 15.5 Å². The van der Waals surface area contributed by atoms with E-state index in [9.17, 15) is 0 Å². The Bertz CT molecular complexity index is 419. The Balaban J connectivity index is 2.35. The predicted octanol–water partition coefficient (Wildman–Crippen LogP) is 1.77. The Labute approximate surface area is 116 Å². The Morgan fingerprint density at radius 2 is 2.21 bits per heavy atom. The Morgan fingerprint density at radius 3 is 2.89 bits per heavy atom. The smallest absolute Gasteiger partial charge is 0.133 e.